The standard InChI is InChI=1S/C40H28B4N4OS/c1-3-17-37-33(11-1)35-15-9-13-31(39(35)49-37)29-19-25-47-42-22-6-8-24-46(42)44-28-30(20-26-48(44)41-21-5-7-23-45(41)43(47)27-29)32-14-10-16-36-34-12-2-4-18-38(34)50-40(32)36/h1-28H. The molecule has 11 rings (SSSR count). The van der Waals surface area contributed by atoms with E-state index in [4.69, 9.17) is 4.42 Å². The maximum atomic E-state index is 6.49. The van der Waals surface area contributed by atoms with E-state index in [0.717, 1.165) is 33.1 Å². The minimum Gasteiger partial charge on any atom is -0.455 e. The number of fused-ring (bicyclic) bond motifs is 14. The van der Waals surface area contributed by atoms with Crippen LogP contribution in [0.2, 0.25) is 0 Å². The van der Waals surface area contributed by atoms with Gasteiger partial charge in [-0.15, -0.1) is 11.3 Å². The van der Waals surface area contributed by atoms with Crippen molar-refractivity contribution >= 4 is 92.5 Å². The Kier molecular flexibility index (Phi) is 6.13. The molecular formula is C40H28B4N4OS. The highest BCUT2D eigenvalue weighted by atomic mass is 32.1. The first-order chi connectivity index (χ1) is 24.8. The normalized spacial score (nSPS) is 17.8. The third-order valence-electron chi connectivity index (χ3n) is 10.7. The van der Waals surface area contributed by atoms with E-state index in [0.29, 0.717) is 0 Å². The van der Waals surface area contributed by atoms with Crippen molar-refractivity contribution in [2.45, 2.75) is 0 Å². The van der Waals surface area contributed by atoms with Gasteiger partial charge in [0.15, 0.2) is 0 Å². The van der Waals surface area contributed by atoms with E-state index >= 15 is 0 Å². The van der Waals surface area contributed by atoms with Crippen molar-refractivity contribution in [3.63, 3.8) is 0 Å². The second-order valence-electron chi connectivity index (χ2n) is 13.3. The Morgan fingerprint density at radius 3 is 1.80 bits per heavy atom. The number of benzene rings is 4. The zero-order valence-electron chi connectivity index (χ0n) is 27.1. The van der Waals surface area contributed by atoms with Crippen LogP contribution in [0.1, 0.15) is 11.1 Å². The second kappa shape index (κ2) is 10.9. The molecule has 2 aromatic heterocycles. The summed E-state index contributed by atoms with van der Waals surface area (Å²) < 4.78 is 19.1. The molecule has 0 bridgehead atoms. The van der Waals surface area contributed by atoms with Crippen LogP contribution in [-0.2, 0) is 0 Å². The molecule has 6 aromatic rings. The highest BCUT2D eigenvalue weighted by Gasteiger charge is 2.50. The second-order valence-corrected chi connectivity index (χ2v) is 14.4. The molecule has 0 spiro atoms. The topological polar surface area (TPSA) is 26.1 Å². The molecule has 1 saturated heterocycles. The van der Waals surface area contributed by atoms with Crippen molar-refractivity contribution in [1.29, 1.82) is 0 Å². The number of rotatable bonds is 2. The summed E-state index contributed by atoms with van der Waals surface area (Å²) in [6, 6.07) is 30.3. The molecule has 0 radical (unpaired) electrons. The predicted octanol–water partition coefficient (Wildman–Crippen LogP) is 8.97. The van der Waals surface area contributed by atoms with Crippen molar-refractivity contribution in [2.24, 2.45) is 0 Å². The van der Waals surface area contributed by atoms with E-state index in [2.05, 4.69) is 183 Å². The molecule has 5 aliphatic rings. The summed E-state index contributed by atoms with van der Waals surface area (Å²) in [7, 11) is 0. The zero-order valence-corrected chi connectivity index (χ0v) is 27.9. The van der Waals surface area contributed by atoms with Gasteiger partial charge < -0.3 is 23.3 Å². The molecular weight excluding hydrogens is 628 g/mol. The molecule has 50 heavy (non-hydrogen) atoms. The van der Waals surface area contributed by atoms with Gasteiger partial charge in [0.25, 0.3) is 0 Å². The van der Waals surface area contributed by atoms with E-state index in [1.54, 1.807) is 0 Å². The summed E-state index contributed by atoms with van der Waals surface area (Å²) >= 11 is 1.89. The fourth-order valence-corrected chi connectivity index (χ4v) is 9.63. The van der Waals surface area contributed by atoms with Gasteiger partial charge in [0.2, 0.25) is 0 Å². The Labute approximate surface area is 295 Å². The molecule has 232 valence electrons. The largest absolute Gasteiger partial charge is 0.455 e. The SMILES string of the molecule is C1=CB2N3C=CC(c4cccc5c4oc4ccccc45)=CB3N3C=CC=CB3N3C=CC(c4cccc5c4sc4ccccc45)=CB3N2C=C1. The van der Waals surface area contributed by atoms with Crippen LogP contribution in [0.15, 0.2) is 175 Å². The van der Waals surface area contributed by atoms with Gasteiger partial charge in [-0.1, -0.05) is 109 Å². The number of hydrogen-bond donors (Lipinski definition) is 0. The van der Waals surface area contributed by atoms with Gasteiger partial charge in [-0.2, -0.15) is 0 Å². The van der Waals surface area contributed by atoms with E-state index < -0.39 is 0 Å². The van der Waals surface area contributed by atoms with E-state index in [1.165, 1.54) is 31.3 Å². The average molecular weight is 656 g/mol. The van der Waals surface area contributed by atoms with Crippen LogP contribution in [0.3, 0.4) is 0 Å². The first kappa shape index (κ1) is 28.2. The maximum Gasteiger partial charge on any atom is 0.381 e. The summed E-state index contributed by atoms with van der Waals surface area (Å²) in [6.45, 7) is -0.0640. The first-order valence-electron chi connectivity index (χ1n) is 17.2. The smallest absolute Gasteiger partial charge is 0.381 e. The van der Waals surface area contributed by atoms with Crippen LogP contribution in [0.25, 0.3) is 53.3 Å². The summed E-state index contributed by atoms with van der Waals surface area (Å²) in [6.07, 6.45) is 22.3. The van der Waals surface area contributed by atoms with Gasteiger partial charge >= 0.3 is 27.9 Å². The highest BCUT2D eigenvalue weighted by molar-refractivity contribution is 7.26. The number of allylic oxidation sites excluding steroid dienone is 8. The maximum absolute atomic E-state index is 6.49. The molecule has 5 nitrogen and oxygen atoms in total. The molecule has 1 fully saturated rings. The Morgan fingerprint density at radius 1 is 0.480 bits per heavy atom. The molecule has 0 unspecified atom stereocenters. The van der Waals surface area contributed by atoms with Crippen LogP contribution in [-0.4, -0.2) is 46.8 Å². The van der Waals surface area contributed by atoms with Crippen LogP contribution >= 0.6 is 11.3 Å². The molecule has 10 heteroatoms. The summed E-state index contributed by atoms with van der Waals surface area (Å²) in [5, 5.41) is 4.95. The molecule has 4 aromatic carbocycles. The van der Waals surface area contributed by atoms with Crippen molar-refractivity contribution in [2.75, 3.05) is 0 Å². The summed E-state index contributed by atoms with van der Waals surface area (Å²) in [4.78, 5) is 0. The van der Waals surface area contributed by atoms with Crippen LogP contribution < -0.4 is 0 Å². The Morgan fingerprint density at radius 2 is 1.06 bits per heavy atom. The van der Waals surface area contributed by atoms with E-state index in [-0.39, 0.29) is 27.9 Å². The fraction of sp³-hybridized carbons (Fsp3) is 0. The predicted molar refractivity (Wildman–Crippen MR) is 214 cm³/mol. The van der Waals surface area contributed by atoms with Gasteiger partial charge in [-0.05, 0) is 77.9 Å². The molecule has 0 aliphatic carbocycles. The third-order valence-corrected chi connectivity index (χ3v) is 11.9. The lowest BCUT2D eigenvalue weighted by Crippen LogP contribution is -2.73. The van der Waals surface area contributed by atoms with E-state index in [1.807, 2.05) is 17.4 Å². The van der Waals surface area contributed by atoms with Gasteiger partial charge in [0, 0.05) is 36.5 Å². The van der Waals surface area contributed by atoms with Gasteiger partial charge in [-0.25, -0.2) is 0 Å². The van der Waals surface area contributed by atoms with Crippen molar-refractivity contribution in [3.8, 4) is 0 Å². The Bertz CT molecular complexity index is 2450. The van der Waals surface area contributed by atoms with Gasteiger partial charge in [-0.3, -0.25) is 0 Å². The summed E-state index contributed by atoms with van der Waals surface area (Å²) in [5.74, 6) is 9.49. The number of furan rings is 1. The molecule has 0 saturated carbocycles. The van der Waals surface area contributed by atoms with Crippen LogP contribution in [0, 0.1) is 0 Å². The van der Waals surface area contributed by atoms with Crippen molar-refractivity contribution in [1.82, 2.24) is 18.9 Å². The minimum absolute atomic E-state index is 0.00193. The highest BCUT2D eigenvalue weighted by Crippen LogP contribution is 2.41. The molecule has 0 amide bonds. The lowest BCUT2D eigenvalue weighted by molar-refractivity contribution is 0.622. The number of hydrogen-bond acceptors (Lipinski definition) is 6. The van der Waals surface area contributed by atoms with Crippen molar-refractivity contribution in [3.05, 3.63) is 181 Å². The average Bonchev–Trinajstić information content (AvgIpc) is 3.76. The molecule has 0 N–H and O–H groups in total. The molecule has 7 heterocycles. The Balaban J connectivity index is 1.03. The fourth-order valence-electron chi connectivity index (χ4n) is 8.39. The van der Waals surface area contributed by atoms with Gasteiger partial charge in [0.05, 0.1) is 0 Å². The number of nitrogens with zero attached hydrogens (tertiary/aromatic N) is 4. The van der Waals surface area contributed by atoms with Crippen molar-refractivity contribution < 1.29 is 4.42 Å². The number of para-hydroxylation sites is 2. The van der Waals surface area contributed by atoms with Gasteiger partial charge in [0.1, 0.15) is 11.2 Å². The van der Waals surface area contributed by atoms with E-state index in [9.17, 15) is 0 Å². The Hall–Kier alpha value is -5.72. The molecule has 0 atom stereocenters. The van der Waals surface area contributed by atoms with Crippen LogP contribution in [0.5, 0.6) is 0 Å². The third kappa shape index (κ3) is 4.12. The number of thiophene rings is 1. The monoisotopic (exact) mass is 656 g/mol. The quantitative estimate of drug-likeness (QED) is 0.174. The summed E-state index contributed by atoms with van der Waals surface area (Å²) in [5.41, 5.74) is 6.65. The van der Waals surface area contributed by atoms with Crippen LogP contribution in [0.4, 0.5) is 0 Å². The lowest BCUT2D eigenvalue weighted by atomic mass is 9.41. The minimum atomic E-state index is -0.0449. The zero-order chi connectivity index (χ0) is 32.8. The lowest BCUT2D eigenvalue weighted by Gasteiger charge is -2.53. The first-order valence-corrected chi connectivity index (χ1v) is 18.0. The molecule has 5 aliphatic heterocycles.